The van der Waals surface area contributed by atoms with Crippen LogP contribution in [0, 0.1) is 6.92 Å². The molecule has 0 aromatic heterocycles. The van der Waals surface area contributed by atoms with Crippen molar-refractivity contribution in [1.82, 2.24) is 0 Å². The standard InChI is InChI=1S/C49H41N/c1-32-43-38-23-12-15-25-40(38)48(2,3)45(43)47(46-44(32)39-24-13-16-26-41(39)49(46,4)5)50(36-30-28-34(29-31-36)33-18-8-6-9-19-33)42-27-17-14-22-37(42)35-20-10-7-11-21-35/h6-31H,1-5H3. The van der Waals surface area contributed by atoms with Crippen LogP contribution in [0.15, 0.2) is 158 Å². The van der Waals surface area contributed by atoms with E-state index in [1.807, 2.05) is 0 Å². The molecule has 0 atom stereocenters. The Morgan fingerprint density at radius 1 is 0.400 bits per heavy atom. The molecule has 50 heavy (non-hydrogen) atoms. The first-order chi connectivity index (χ1) is 24.3. The van der Waals surface area contributed by atoms with Gasteiger partial charge < -0.3 is 4.90 Å². The molecule has 2 aliphatic carbocycles. The van der Waals surface area contributed by atoms with Gasteiger partial charge in [0.05, 0.1) is 11.4 Å². The first kappa shape index (κ1) is 30.4. The van der Waals surface area contributed by atoms with Crippen LogP contribution in [0.3, 0.4) is 0 Å². The molecule has 0 saturated heterocycles. The third kappa shape index (κ3) is 4.33. The minimum Gasteiger partial charge on any atom is -0.309 e. The lowest BCUT2D eigenvalue weighted by molar-refractivity contribution is 0.640. The van der Waals surface area contributed by atoms with Crippen molar-refractivity contribution < 1.29 is 0 Å². The molecule has 1 nitrogen and oxygen atoms in total. The molecule has 0 radical (unpaired) electrons. The SMILES string of the molecule is Cc1c2c(c(N(c3ccc(-c4ccccc4)cc3)c3ccccc3-c3ccccc3)c3c1-c1ccccc1C3(C)C)C(C)(C)c1ccccc1-2. The van der Waals surface area contributed by atoms with Crippen LogP contribution in [-0.4, -0.2) is 0 Å². The maximum atomic E-state index is 2.61. The van der Waals surface area contributed by atoms with Gasteiger partial charge in [-0.25, -0.2) is 0 Å². The summed E-state index contributed by atoms with van der Waals surface area (Å²) in [6.45, 7) is 12.1. The number of rotatable bonds is 5. The first-order valence-electron chi connectivity index (χ1n) is 17.8. The highest BCUT2D eigenvalue weighted by atomic mass is 15.2. The van der Waals surface area contributed by atoms with Gasteiger partial charge in [-0.1, -0.05) is 167 Å². The minimum atomic E-state index is -0.226. The Balaban J connectivity index is 1.43. The lowest BCUT2D eigenvalue weighted by Crippen LogP contribution is -2.26. The van der Waals surface area contributed by atoms with Gasteiger partial charge in [0.1, 0.15) is 0 Å². The van der Waals surface area contributed by atoms with Crippen molar-refractivity contribution in [3.05, 3.63) is 186 Å². The summed E-state index contributed by atoms with van der Waals surface area (Å²) in [6.07, 6.45) is 0. The maximum absolute atomic E-state index is 2.61. The molecule has 0 N–H and O–H groups in total. The largest absolute Gasteiger partial charge is 0.309 e. The summed E-state index contributed by atoms with van der Waals surface area (Å²) in [5, 5.41) is 0. The average molecular weight is 644 g/mol. The quantitative estimate of drug-likeness (QED) is 0.180. The summed E-state index contributed by atoms with van der Waals surface area (Å²) < 4.78 is 0. The van der Waals surface area contributed by atoms with E-state index in [2.05, 4.69) is 197 Å². The van der Waals surface area contributed by atoms with E-state index in [1.165, 1.54) is 83.7 Å². The summed E-state index contributed by atoms with van der Waals surface area (Å²) in [4.78, 5) is 2.61. The second kappa shape index (κ2) is 11.2. The van der Waals surface area contributed by atoms with E-state index in [0.717, 1.165) is 5.69 Å². The first-order valence-corrected chi connectivity index (χ1v) is 17.8. The zero-order chi connectivity index (χ0) is 34.2. The predicted molar refractivity (Wildman–Crippen MR) is 212 cm³/mol. The van der Waals surface area contributed by atoms with Gasteiger partial charge in [0.25, 0.3) is 0 Å². The molecule has 9 rings (SSSR count). The predicted octanol–water partition coefficient (Wildman–Crippen LogP) is 13.4. The Hall–Kier alpha value is -5.66. The minimum absolute atomic E-state index is 0.226. The smallest absolute Gasteiger partial charge is 0.0556 e. The lowest BCUT2D eigenvalue weighted by atomic mass is 9.74. The molecule has 7 aromatic rings. The Bertz CT molecular complexity index is 2330. The number of para-hydroxylation sites is 1. The number of hydrogen-bond acceptors (Lipinski definition) is 1. The van der Waals surface area contributed by atoms with Crippen molar-refractivity contribution in [3.8, 4) is 44.5 Å². The van der Waals surface area contributed by atoms with E-state index >= 15 is 0 Å². The van der Waals surface area contributed by atoms with Crippen LogP contribution in [0.2, 0.25) is 0 Å². The fourth-order valence-electron chi connectivity index (χ4n) is 9.09. The zero-order valence-electron chi connectivity index (χ0n) is 29.5. The van der Waals surface area contributed by atoms with Crippen molar-refractivity contribution in [3.63, 3.8) is 0 Å². The molecule has 0 unspecified atom stereocenters. The number of anilines is 3. The Kier molecular flexibility index (Phi) is 6.80. The highest BCUT2D eigenvalue weighted by Crippen LogP contribution is 2.64. The topological polar surface area (TPSA) is 3.24 Å². The summed E-state index contributed by atoms with van der Waals surface area (Å²) in [7, 11) is 0. The van der Waals surface area contributed by atoms with Crippen LogP contribution in [0.1, 0.15) is 55.5 Å². The highest BCUT2D eigenvalue weighted by Gasteiger charge is 2.48. The van der Waals surface area contributed by atoms with Gasteiger partial charge in [-0.3, -0.25) is 0 Å². The Morgan fingerprint density at radius 2 is 0.820 bits per heavy atom. The molecular formula is C49H41N. The van der Waals surface area contributed by atoms with E-state index in [1.54, 1.807) is 0 Å². The van der Waals surface area contributed by atoms with E-state index < -0.39 is 0 Å². The van der Waals surface area contributed by atoms with Gasteiger partial charge >= 0.3 is 0 Å². The number of nitrogens with zero attached hydrogens (tertiary/aromatic N) is 1. The molecule has 0 fully saturated rings. The summed E-state index contributed by atoms with van der Waals surface area (Å²) in [5.41, 5.74) is 20.5. The van der Waals surface area contributed by atoms with Gasteiger partial charge in [0.15, 0.2) is 0 Å². The number of fused-ring (bicyclic) bond motifs is 6. The second-order valence-electron chi connectivity index (χ2n) is 14.9. The Labute approximate surface area is 296 Å². The van der Waals surface area contributed by atoms with Crippen molar-refractivity contribution in [2.75, 3.05) is 4.90 Å². The van der Waals surface area contributed by atoms with E-state index in [4.69, 9.17) is 0 Å². The molecule has 0 amide bonds. The van der Waals surface area contributed by atoms with E-state index in [9.17, 15) is 0 Å². The summed E-state index contributed by atoms with van der Waals surface area (Å²) in [5.74, 6) is 0. The van der Waals surface area contributed by atoms with Crippen LogP contribution in [-0.2, 0) is 10.8 Å². The van der Waals surface area contributed by atoms with Crippen molar-refractivity contribution in [2.45, 2.75) is 45.4 Å². The van der Waals surface area contributed by atoms with Gasteiger partial charge in [0.2, 0.25) is 0 Å². The molecule has 0 bridgehead atoms. The molecule has 242 valence electrons. The molecule has 0 aliphatic heterocycles. The van der Waals surface area contributed by atoms with E-state index in [0.29, 0.717) is 0 Å². The molecule has 1 heteroatoms. The average Bonchev–Trinajstić information content (AvgIpc) is 3.55. The molecule has 0 saturated carbocycles. The molecule has 7 aromatic carbocycles. The third-order valence-electron chi connectivity index (χ3n) is 11.4. The highest BCUT2D eigenvalue weighted by molar-refractivity contribution is 6.03. The lowest BCUT2D eigenvalue weighted by Gasteiger charge is -2.38. The van der Waals surface area contributed by atoms with Crippen molar-refractivity contribution in [2.24, 2.45) is 0 Å². The van der Waals surface area contributed by atoms with Gasteiger partial charge in [-0.15, -0.1) is 0 Å². The number of hydrogen-bond donors (Lipinski definition) is 0. The van der Waals surface area contributed by atoms with Crippen molar-refractivity contribution >= 4 is 17.1 Å². The molecule has 0 spiro atoms. The van der Waals surface area contributed by atoms with Crippen molar-refractivity contribution in [1.29, 1.82) is 0 Å². The summed E-state index contributed by atoms with van der Waals surface area (Å²) in [6, 6.07) is 58.0. The van der Waals surface area contributed by atoms with Crippen LogP contribution in [0.4, 0.5) is 17.1 Å². The normalized spacial score (nSPS) is 14.4. The third-order valence-corrected chi connectivity index (χ3v) is 11.4. The maximum Gasteiger partial charge on any atom is 0.0556 e. The molecule has 2 aliphatic rings. The second-order valence-corrected chi connectivity index (χ2v) is 14.9. The van der Waals surface area contributed by atoms with Gasteiger partial charge in [0, 0.05) is 22.1 Å². The molecule has 0 heterocycles. The zero-order valence-corrected chi connectivity index (χ0v) is 29.5. The Morgan fingerprint density at radius 3 is 1.36 bits per heavy atom. The van der Waals surface area contributed by atoms with Crippen LogP contribution >= 0.6 is 0 Å². The van der Waals surface area contributed by atoms with Crippen LogP contribution in [0.25, 0.3) is 44.5 Å². The van der Waals surface area contributed by atoms with Crippen LogP contribution < -0.4 is 4.90 Å². The molecular weight excluding hydrogens is 603 g/mol. The fraction of sp³-hybridized carbons (Fsp3) is 0.143. The monoisotopic (exact) mass is 643 g/mol. The summed E-state index contributed by atoms with van der Waals surface area (Å²) >= 11 is 0. The van der Waals surface area contributed by atoms with E-state index in [-0.39, 0.29) is 10.8 Å². The fourth-order valence-corrected chi connectivity index (χ4v) is 9.09. The van der Waals surface area contributed by atoms with Gasteiger partial charge in [-0.2, -0.15) is 0 Å². The number of benzene rings is 7. The van der Waals surface area contributed by atoms with Crippen LogP contribution in [0.5, 0.6) is 0 Å². The van der Waals surface area contributed by atoms with Gasteiger partial charge in [-0.05, 0) is 91.9 Å².